The van der Waals surface area contributed by atoms with Gasteiger partial charge in [-0.3, -0.25) is 4.79 Å². The van der Waals surface area contributed by atoms with Gasteiger partial charge in [0.25, 0.3) is 0 Å². The summed E-state index contributed by atoms with van der Waals surface area (Å²) in [5, 5.41) is 3.24. The third kappa shape index (κ3) is 2.42. The van der Waals surface area contributed by atoms with Gasteiger partial charge in [-0.05, 0) is 0 Å². The van der Waals surface area contributed by atoms with Gasteiger partial charge in [-0.1, -0.05) is 13.8 Å². The molecular formula is C9H19N3O. The number of rotatable bonds is 2. The average molecular weight is 185 g/mol. The molecule has 0 bridgehead atoms. The van der Waals surface area contributed by atoms with Crippen molar-refractivity contribution in [2.24, 2.45) is 11.7 Å². The molecule has 0 aliphatic carbocycles. The highest BCUT2D eigenvalue weighted by Gasteiger charge is 2.26. The molecule has 4 heteroatoms. The molecule has 1 saturated heterocycles. The van der Waals surface area contributed by atoms with E-state index < -0.39 is 0 Å². The molecule has 0 saturated carbocycles. The van der Waals surface area contributed by atoms with E-state index in [2.05, 4.69) is 5.32 Å². The zero-order valence-electron chi connectivity index (χ0n) is 8.42. The minimum absolute atomic E-state index is 0.0761. The summed E-state index contributed by atoms with van der Waals surface area (Å²) in [5.41, 5.74) is 5.60. The van der Waals surface area contributed by atoms with Crippen molar-refractivity contribution in [3.8, 4) is 0 Å². The van der Waals surface area contributed by atoms with Gasteiger partial charge in [0.15, 0.2) is 0 Å². The summed E-state index contributed by atoms with van der Waals surface area (Å²) >= 11 is 0. The Labute approximate surface area is 79.5 Å². The van der Waals surface area contributed by atoms with E-state index in [1.165, 1.54) is 0 Å². The Morgan fingerprint density at radius 1 is 1.69 bits per heavy atom. The second-order valence-electron chi connectivity index (χ2n) is 3.78. The molecule has 1 fully saturated rings. The number of nitrogens with two attached hydrogens (primary N) is 1. The van der Waals surface area contributed by atoms with Crippen LogP contribution < -0.4 is 11.1 Å². The first-order valence-electron chi connectivity index (χ1n) is 4.88. The Hall–Kier alpha value is -0.610. The number of nitrogens with one attached hydrogen (secondary N) is 1. The smallest absolute Gasteiger partial charge is 0.225 e. The van der Waals surface area contributed by atoms with Crippen molar-refractivity contribution in [1.82, 2.24) is 10.2 Å². The van der Waals surface area contributed by atoms with Crippen LogP contribution in [0.3, 0.4) is 0 Å². The second-order valence-corrected chi connectivity index (χ2v) is 3.78. The van der Waals surface area contributed by atoms with Crippen LogP contribution in [-0.4, -0.2) is 43.0 Å². The summed E-state index contributed by atoms with van der Waals surface area (Å²) in [6, 6.07) is 0.184. The van der Waals surface area contributed by atoms with Crippen LogP contribution in [0.15, 0.2) is 0 Å². The number of carbonyl (C=O) groups is 1. The van der Waals surface area contributed by atoms with Crippen LogP contribution in [-0.2, 0) is 4.79 Å². The van der Waals surface area contributed by atoms with Gasteiger partial charge < -0.3 is 16.0 Å². The van der Waals surface area contributed by atoms with E-state index in [1.807, 2.05) is 18.7 Å². The first-order chi connectivity index (χ1) is 6.16. The minimum atomic E-state index is 0.0761. The van der Waals surface area contributed by atoms with Crippen molar-refractivity contribution in [2.45, 2.75) is 19.9 Å². The van der Waals surface area contributed by atoms with Gasteiger partial charge in [-0.2, -0.15) is 0 Å². The first-order valence-corrected chi connectivity index (χ1v) is 4.88. The highest BCUT2D eigenvalue weighted by Crippen LogP contribution is 2.07. The summed E-state index contributed by atoms with van der Waals surface area (Å²) in [4.78, 5) is 13.6. The van der Waals surface area contributed by atoms with E-state index in [9.17, 15) is 4.79 Å². The van der Waals surface area contributed by atoms with Crippen molar-refractivity contribution in [3.63, 3.8) is 0 Å². The Morgan fingerprint density at radius 2 is 2.38 bits per heavy atom. The molecule has 1 atom stereocenters. The van der Waals surface area contributed by atoms with Crippen LogP contribution in [0.5, 0.6) is 0 Å². The molecule has 1 amide bonds. The molecular weight excluding hydrogens is 166 g/mol. The van der Waals surface area contributed by atoms with E-state index in [0.29, 0.717) is 6.54 Å². The van der Waals surface area contributed by atoms with E-state index in [4.69, 9.17) is 5.73 Å². The number of hydrogen-bond acceptors (Lipinski definition) is 3. The maximum absolute atomic E-state index is 11.7. The zero-order valence-corrected chi connectivity index (χ0v) is 8.42. The van der Waals surface area contributed by atoms with Gasteiger partial charge in [0.1, 0.15) is 0 Å². The molecule has 13 heavy (non-hydrogen) atoms. The van der Waals surface area contributed by atoms with Gasteiger partial charge in [0, 0.05) is 32.1 Å². The lowest BCUT2D eigenvalue weighted by molar-refractivity contribution is -0.137. The lowest BCUT2D eigenvalue weighted by Crippen LogP contribution is -2.57. The molecule has 0 radical (unpaired) electrons. The number of amides is 1. The molecule has 0 aromatic carbocycles. The molecule has 1 rings (SSSR count). The number of hydrogen-bond donors (Lipinski definition) is 2. The number of nitrogens with zero attached hydrogens (tertiary/aromatic N) is 1. The number of carbonyl (C=O) groups excluding carboxylic acids is 1. The van der Waals surface area contributed by atoms with Gasteiger partial charge in [-0.25, -0.2) is 0 Å². The monoisotopic (exact) mass is 185 g/mol. The Bertz CT molecular complexity index is 182. The van der Waals surface area contributed by atoms with E-state index in [0.717, 1.165) is 19.6 Å². The molecule has 0 spiro atoms. The van der Waals surface area contributed by atoms with Crippen LogP contribution in [0.2, 0.25) is 0 Å². The normalized spacial score (nSPS) is 23.7. The fourth-order valence-corrected chi connectivity index (χ4v) is 1.59. The highest BCUT2D eigenvalue weighted by molar-refractivity contribution is 5.78. The van der Waals surface area contributed by atoms with Gasteiger partial charge in [0.05, 0.1) is 6.04 Å². The fourth-order valence-electron chi connectivity index (χ4n) is 1.59. The van der Waals surface area contributed by atoms with Crippen LogP contribution in [0.1, 0.15) is 13.8 Å². The van der Waals surface area contributed by atoms with Gasteiger partial charge in [-0.15, -0.1) is 0 Å². The van der Waals surface area contributed by atoms with Crippen LogP contribution in [0.4, 0.5) is 0 Å². The average Bonchev–Trinajstić information content (AvgIpc) is 2.16. The van der Waals surface area contributed by atoms with Gasteiger partial charge >= 0.3 is 0 Å². The lowest BCUT2D eigenvalue weighted by Gasteiger charge is -2.36. The summed E-state index contributed by atoms with van der Waals surface area (Å²) in [5.74, 6) is 0.295. The standard InChI is InChI=1S/C9H19N3O/c1-7(2)9(13)12-4-3-11-6-8(12)5-10/h7-8,11H,3-6,10H2,1-2H3. The molecule has 4 nitrogen and oxygen atoms in total. The molecule has 1 heterocycles. The van der Waals surface area contributed by atoms with Crippen molar-refractivity contribution >= 4 is 5.91 Å². The Balaban J connectivity index is 2.58. The van der Waals surface area contributed by atoms with Crippen LogP contribution >= 0.6 is 0 Å². The fraction of sp³-hybridized carbons (Fsp3) is 0.889. The Kier molecular flexibility index (Phi) is 3.69. The first kappa shape index (κ1) is 10.5. The SMILES string of the molecule is CC(C)C(=O)N1CCNCC1CN. The largest absolute Gasteiger partial charge is 0.336 e. The van der Waals surface area contributed by atoms with Crippen LogP contribution in [0, 0.1) is 5.92 Å². The third-order valence-corrected chi connectivity index (χ3v) is 2.40. The van der Waals surface area contributed by atoms with Crippen molar-refractivity contribution < 1.29 is 4.79 Å². The summed E-state index contributed by atoms with van der Waals surface area (Å²) < 4.78 is 0. The van der Waals surface area contributed by atoms with Gasteiger partial charge in [0.2, 0.25) is 5.91 Å². The second kappa shape index (κ2) is 4.58. The minimum Gasteiger partial charge on any atom is -0.336 e. The zero-order chi connectivity index (χ0) is 9.84. The van der Waals surface area contributed by atoms with Crippen molar-refractivity contribution in [1.29, 1.82) is 0 Å². The predicted octanol–water partition coefficient (Wildman–Crippen LogP) is -0.598. The molecule has 1 unspecified atom stereocenters. The van der Waals surface area contributed by atoms with Crippen molar-refractivity contribution in [2.75, 3.05) is 26.2 Å². The molecule has 0 aromatic heterocycles. The molecule has 1 aliphatic rings. The third-order valence-electron chi connectivity index (χ3n) is 2.40. The summed E-state index contributed by atoms with van der Waals surface area (Å²) in [6.45, 7) is 6.91. The lowest BCUT2D eigenvalue weighted by atomic mass is 10.1. The molecule has 3 N–H and O–H groups in total. The topological polar surface area (TPSA) is 58.4 Å². The van der Waals surface area contributed by atoms with E-state index in [-0.39, 0.29) is 17.9 Å². The van der Waals surface area contributed by atoms with Crippen LogP contribution in [0.25, 0.3) is 0 Å². The Morgan fingerprint density at radius 3 is 2.92 bits per heavy atom. The van der Waals surface area contributed by atoms with E-state index >= 15 is 0 Å². The molecule has 0 aromatic rings. The molecule has 76 valence electrons. The van der Waals surface area contributed by atoms with E-state index in [1.54, 1.807) is 0 Å². The molecule has 1 aliphatic heterocycles. The maximum Gasteiger partial charge on any atom is 0.225 e. The maximum atomic E-state index is 11.7. The summed E-state index contributed by atoms with van der Waals surface area (Å²) in [6.07, 6.45) is 0. The highest BCUT2D eigenvalue weighted by atomic mass is 16.2. The quantitative estimate of drug-likeness (QED) is 0.604. The predicted molar refractivity (Wildman–Crippen MR) is 52.3 cm³/mol. The van der Waals surface area contributed by atoms with Crippen molar-refractivity contribution in [3.05, 3.63) is 0 Å². The number of piperazine rings is 1. The summed E-state index contributed by atoms with van der Waals surface area (Å²) in [7, 11) is 0.